The highest BCUT2D eigenvalue weighted by atomic mass is 32.2. The Balaban J connectivity index is 0.868. The molecule has 1 atom stereocenters. The molecule has 8 aromatic rings. The largest absolute Gasteiger partial charge is 0.486 e. The molecule has 0 radical (unpaired) electrons. The highest BCUT2D eigenvalue weighted by Gasteiger charge is 2.31. The van der Waals surface area contributed by atoms with Gasteiger partial charge in [-0.3, -0.25) is 14.9 Å². The molecule has 5 aromatic carbocycles. The number of aromatic nitrogens is 8. The van der Waals surface area contributed by atoms with Crippen molar-refractivity contribution in [3.63, 3.8) is 0 Å². The van der Waals surface area contributed by atoms with Gasteiger partial charge in [0.05, 0.1) is 28.6 Å². The van der Waals surface area contributed by atoms with Gasteiger partial charge in [0.25, 0.3) is 5.24 Å². The number of fused-ring (bicyclic) bond motifs is 1. The Labute approximate surface area is 388 Å². The number of tetrazole rings is 1. The lowest BCUT2D eigenvalue weighted by Gasteiger charge is -2.13. The minimum absolute atomic E-state index is 0.248. The van der Waals surface area contributed by atoms with Crippen LogP contribution in [0, 0.1) is 0 Å². The summed E-state index contributed by atoms with van der Waals surface area (Å²) in [5.74, 6) is 3.96. The van der Waals surface area contributed by atoms with Crippen molar-refractivity contribution < 1.29 is 28.6 Å². The number of nitrogens with one attached hydrogen (secondary N) is 2. The number of hydrogen-bond donors (Lipinski definition) is 2. The van der Waals surface area contributed by atoms with E-state index in [1.165, 1.54) is 0 Å². The van der Waals surface area contributed by atoms with Crippen molar-refractivity contribution in [3.05, 3.63) is 149 Å². The molecule has 0 bridgehead atoms. The van der Waals surface area contributed by atoms with E-state index in [1.54, 1.807) is 11.8 Å². The third kappa shape index (κ3) is 9.86. The van der Waals surface area contributed by atoms with E-state index < -0.39 is 11.2 Å². The molecule has 2 amide bonds. The first kappa shape index (κ1) is 44.0. The van der Waals surface area contributed by atoms with Crippen LogP contribution < -0.4 is 14.8 Å². The molecule has 2 N–H and O–H groups in total. The van der Waals surface area contributed by atoms with Gasteiger partial charge in [-0.15, -0.1) is 16.9 Å². The monoisotopic (exact) mass is 919 g/mol. The Hall–Kier alpha value is -7.24. The average molecular weight is 920 g/mol. The molecule has 0 aliphatic carbocycles. The molecule has 9 rings (SSSR count). The third-order valence-corrected chi connectivity index (χ3v) is 13.0. The molecular formula is C49H45N9O6S2. The zero-order chi connectivity index (χ0) is 45.6. The zero-order valence-corrected chi connectivity index (χ0v) is 38.0. The van der Waals surface area contributed by atoms with Gasteiger partial charge < -0.3 is 23.3 Å². The van der Waals surface area contributed by atoms with Gasteiger partial charge in [0.2, 0.25) is 5.91 Å². The van der Waals surface area contributed by atoms with Gasteiger partial charge in [0.1, 0.15) is 35.5 Å². The second kappa shape index (κ2) is 19.9. The predicted octanol–water partition coefficient (Wildman–Crippen LogP) is 9.35. The molecule has 1 unspecified atom stereocenters. The molecule has 0 spiro atoms. The van der Waals surface area contributed by atoms with Crippen molar-refractivity contribution in [3.8, 4) is 39.8 Å². The van der Waals surface area contributed by atoms with Gasteiger partial charge in [-0.05, 0) is 94.9 Å². The molecule has 4 heterocycles. The van der Waals surface area contributed by atoms with Crippen molar-refractivity contribution >= 4 is 51.7 Å². The minimum Gasteiger partial charge on any atom is -0.486 e. The molecular weight excluding hydrogens is 875 g/mol. The predicted molar refractivity (Wildman–Crippen MR) is 253 cm³/mol. The number of imide groups is 1. The Morgan fingerprint density at radius 1 is 0.833 bits per heavy atom. The maximum Gasteiger partial charge on any atom is 0.356 e. The Morgan fingerprint density at radius 2 is 1.61 bits per heavy atom. The quantitative estimate of drug-likeness (QED) is 0.0614. The molecule has 17 heteroatoms. The van der Waals surface area contributed by atoms with Crippen molar-refractivity contribution in [1.29, 1.82) is 0 Å². The number of nitrogens with zero attached hydrogens (tertiary/aromatic N) is 7. The summed E-state index contributed by atoms with van der Waals surface area (Å²) in [5.41, 5.74) is 7.71. The summed E-state index contributed by atoms with van der Waals surface area (Å²) in [7, 11) is 1.94. The summed E-state index contributed by atoms with van der Waals surface area (Å²) in [6, 6.07) is 37.4. The molecule has 334 valence electrons. The first-order valence-corrected chi connectivity index (χ1v) is 23.4. The number of H-pyrrole nitrogens is 1. The van der Waals surface area contributed by atoms with Gasteiger partial charge >= 0.3 is 5.97 Å². The topological polar surface area (TPSA) is 181 Å². The average Bonchev–Trinajstić information content (AvgIpc) is 4.12. The summed E-state index contributed by atoms with van der Waals surface area (Å²) >= 11 is 2.60. The van der Waals surface area contributed by atoms with Crippen LogP contribution in [0.4, 0.5) is 4.79 Å². The lowest BCUT2D eigenvalue weighted by Crippen LogP contribution is -2.25. The molecule has 1 saturated heterocycles. The fourth-order valence-electron chi connectivity index (χ4n) is 7.79. The highest BCUT2D eigenvalue weighted by Crippen LogP contribution is 2.34. The molecule has 66 heavy (non-hydrogen) atoms. The number of ether oxygens (including phenoxy) is 3. The van der Waals surface area contributed by atoms with Crippen LogP contribution in [0.1, 0.15) is 59.2 Å². The van der Waals surface area contributed by atoms with E-state index in [1.807, 2.05) is 114 Å². The molecule has 0 saturated carbocycles. The second-order valence-corrected chi connectivity index (χ2v) is 17.7. The van der Waals surface area contributed by atoms with Crippen LogP contribution in [0.3, 0.4) is 0 Å². The van der Waals surface area contributed by atoms with E-state index in [9.17, 15) is 14.4 Å². The number of carbonyl (C=O) groups excluding carboxylic acids is 3. The van der Waals surface area contributed by atoms with Crippen LogP contribution in [0.2, 0.25) is 0 Å². The Morgan fingerprint density at radius 3 is 2.35 bits per heavy atom. The Kier molecular flexibility index (Phi) is 13.2. The van der Waals surface area contributed by atoms with Crippen molar-refractivity contribution in [2.45, 2.75) is 62.2 Å². The number of amides is 2. The molecule has 1 fully saturated rings. The maximum absolute atomic E-state index is 13.7. The summed E-state index contributed by atoms with van der Waals surface area (Å²) < 4.78 is 22.1. The number of rotatable bonds is 18. The van der Waals surface area contributed by atoms with Crippen LogP contribution in [-0.2, 0) is 48.3 Å². The number of thioether (sulfide) groups is 2. The smallest absolute Gasteiger partial charge is 0.356 e. The van der Waals surface area contributed by atoms with E-state index in [4.69, 9.17) is 24.2 Å². The summed E-state index contributed by atoms with van der Waals surface area (Å²) in [6.07, 6.45) is 2.03. The maximum atomic E-state index is 13.7. The number of carbonyl (C=O) groups is 3. The van der Waals surface area contributed by atoms with E-state index >= 15 is 0 Å². The van der Waals surface area contributed by atoms with Gasteiger partial charge in [-0.1, -0.05) is 85.4 Å². The normalized spacial score (nSPS) is 13.6. The van der Waals surface area contributed by atoms with E-state index in [0.29, 0.717) is 59.6 Å². The summed E-state index contributed by atoms with van der Waals surface area (Å²) in [5, 5.41) is 16.1. The first-order valence-electron chi connectivity index (χ1n) is 21.5. The number of esters is 1. The summed E-state index contributed by atoms with van der Waals surface area (Å²) in [6.45, 7) is 4.87. The molecule has 1 aliphatic rings. The number of imidazole rings is 2. The number of hydrogen-bond acceptors (Lipinski definition) is 13. The summed E-state index contributed by atoms with van der Waals surface area (Å²) in [4.78, 5) is 48.0. The zero-order valence-electron chi connectivity index (χ0n) is 36.4. The van der Waals surface area contributed by atoms with Gasteiger partial charge in [-0.25, -0.2) is 19.9 Å². The molecule has 1 aliphatic heterocycles. The van der Waals surface area contributed by atoms with Crippen LogP contribution in [0.15, 0.2) is 120 Å². The van der Waals surface area contributed by atoms with Crippen molar-refractivity contribution in [2.75, 3.05) is 6.61 Å². The van der Waals surface area contributed by atoms with Crippen molar-refractivity contribution in [1.82, 2.24) is 45.0 Å². The lowest BCUT2D eigenvalue weighted by molar-refractivity contribution is -0.118. The fraction of sp³-hybridized carbons (Fsp3) is 0.224. The second-order valence-electron chi connectivity index (χ2n) is 15.5. The minimum atomic E-state index is -0.418. The van der Waals surface area contributed by atoms with Crippen LogP contribution in [0.5, 0.6) is 17.2 Å². The Bertz CT molecular complexity index is 3020. The molecule has 15 nitrogen and oxygen atoms in total. The van der Waals surface area contributed by atoms with Gasteiger partial charge in [-0.2, -0.15) is 0 Å². The van der Waals surface area contributed by atoms with E-state index in [2.05, 4.69) is 57.1 Å². The third-order valence-electron chi connectivity index (χ3n) is 11.0. The number of benzene rings is 5. The fourth-order valence-corrected chi connectivity index (χ4v) is 9.53. The van der Waals surface area contributed by atoms with E-state index in [-0.39, 0.29) is 24.4 Å². The van der Waals surface area contributed by atoms with Crippen LogP contribution in [0.25, 0.3) is 33.5 Å². The highest BCUT2D eigenvalue weighted by molar-refractivity contribution is 8.15. The van der Waals surface area contributed by atoms with Crippen LogP contribution >= 0.6 is 23.5 Å². The van der Waals surface area contributed by atoms with Crippen LogP contribution in [-0.4, -0.2) is 68.7 Å². The van der Waals surface area contributed by atoms with E-state index in [0.717, 1.165) is 73.6 Å². The van der Waals surface area contributed by atoms with Gasteiger partial charge in [0, 0.05) is 42.3 Å². The first-order chi connectivity index (χ1) is 32.2. The standard InChI is InChI=1S/C49H45N9O6S2/c1-4-9-43-51-40(45(48(60)62-5-2)58(43)27-31-14-18-32(19-15-31)37-12-6-7-13-38(37)46-53-55-56-54-46)29-65-36-11-8-10-34(25-36)64-35-22-23-39-41(26-35)57(3)44(50-39)28-63-33-20-16-30(17-21-33)24-42-47(59)52-49(61)66-42/h6-8,10-23,25-26,42H,4-5,9,24,27-29H2,1-3H3,(H,52,59,61)(H,53,54,55,56). The van der Waals surface area contributed by atoms with Crippen molar-refractivity contribution in [2.24, 2.45) is 7.05 Å². The number of aryl methyl sites for hydroxylation is 2. The number of aromatic amines is 1. The lowest BCUT2D eigenvalue weighted by atomic mass is 9.98. The van der Waals surface area contributed by atoms with Gasteiger partial charge in [0.15, 0.2) is 11.5 Å². The molecule has 3 aromatic heterocycles. The SMILES string of the molecule is CCCc1nc(CSc2cccc(Oc3ccc4nc(COc5ccc(CC6SC(=O)NC6=O)cc5)n(C)c4c3)c2)c(C(=O)OCC)n1Cc1ccc(-c2ccccc2-c2nnn[nH]2)cc1.